The van der Waals surface area contributed by atoms with Gasteiger partial charge in [-0.2, -0.15) is 18.2 Å². The fraction of sp³-hybridized carbons (Fsp3) is 0.143. The number of phenolic OH excluding ortho intramolecular Hbond substituents is 1. The van der Waals surface area contributed by atoms with Gasteiger partial charge in [0, 0.05) is 6.07 Å². The van der Waals surface area contributed by atoms with E-state index in [2.05, 4.69) is 4.98 Å². The SMILES string of the molecule is COc1cc(C=Cc2cc(C(F)(F)F)[nH]c(=O)n2)c(Cl)cc1O. The number of nitrogens with zero attached hydrogens (tertiary/aromatic N) is 1. The quantitative estimate of drug-likeness (QED) is 0.894. The molecule has 122 valence electrons. The minimum Gasteiger partial charge on any atom is -0.504 e. The molecule has 0 fully saturated rings. The molecule has 1 aromatic heterocycles. The highest BCUT2D eigenvalue weighted by Gasteiger charge is 2.32. The monoisotopic (exact) mass is 346 g/mol. The number of phenols is 1. The fourth-order valence-electron chi connectivity index (χ4n) is 1.74. The second-order valence-electron chi connectivity index (χ2n) is 4.40. The van der Waals surface area contributed by atoms with Crippen molar-refractivity contribution in [3.63, 3.8) is 0 Å². The topological polar surface area (TPSA) is 75.2 Å². The minimum absolute atomic E-state index is 0.142. The van der Waals surface area contributed by atoms with E-state index in [1.807, 2.05) is 0 Å². The highest BCUT2D eigenvalue weighted by Crippen LogP contribution is 2.33. The molecule has 0 saturated heterocycles. The predicted molar refractivity (Wildman–Crippen MR) is 78.5 cm³/mol. The van der Waals surface area contributed by atoms with Crippen LogP contribution in [0.4, 0.5) is 13.2 Å². The zero-order valence-corrected chi connectivity index (χ0v) is 12.4. The van der Waals surface area contributed by atoms with Crippen molar-refractivity contribution >= 4 is 23.8 Å². The molecule has 0 aliphatic heterocycles. The lowest BCUT2D eigenvalue weighted by Gasteiger charge is -2.07. The molecule has 0 aliphatic carbocycles. The van der Waals surface area contributed by atoms with Crippen LogP contribution < -0.4 is 10.4 Å². The van der Waals surface area contributed by atoms with Crippen molar-refractivity contribution in [1.82, 2.24) is 9.97 Å². The molecule has 0 saturated carbocycles. The molecule has 5 nitrogen and oxygen atoms in total. The number of hydrogen-bond acceptors (Lipinski definition) is 4. The second kappa shape index (κ2) is 6.33. The number of alkyl halides is 3. The Balaban J connectivity index is 2.41. The largest absolute Gasteiger partial charge is 0.504 e. The van der Waals surface area contributed by atoms with Crippen LogP contribution in [0.25, 0.3) is 12.2 Å². The maximum atomic E-state index is 12.6. The summed E-state index contributed by atoms with van der Waals surface area (Å²) in [4.78, 5) is 16.3. The van der Waals surface area contributed by atoms with E-state index in [0.29, 0.717) is 11.6 Å². The second-order valence-corrected chi connectivity index (χ2v) is 4.81. The summed E-state index contributed by atoms with van der Waals surface area (Å²) in [6.07, 6.45) is -2.14. The van der Waals surface area contributed by atoms with Gasteiger partial charge in [-0.15, -0.1) is 0 Å². The third-order valence-corrected chi connectivity index (χ3v) is 3.13. The van der Waals surface area contributed by atoms with E-state index in [0.717, 1.165) is 0 Å². The Hall–Kier alpha value is -2.48. The van der Waals surface area contributed by atoms with Crippen LogP contribution in [0.3, 0.4) is 0 Å². The van der Waals surface area contributed by atoms with Gasteiger partial charge in [-0.25, -0.2) is 4.79 Å². The van der Waals surface area contributed by atoms with E-state index in [4.69, 9.17) is 16.3 Å². The maximum absolute atomic E-state index is 12.6. The van der Waals surface area contributed by atoms with Gasteiger partial charge in [0.05, 0.1) is 17.8 Å². The number of H-pyrrole nitrogens is 1. The number of aromatic hydroxyl groups is 1. The molecule has 0 aliphatic rings. The van der Waals surface area contributed by atoms with Crippen molar-refractivity contribution in [2.24, 2.45) is 0 Å². The Morgan fingerprint density at radius 3 is 2.61 bits per heavy atom. The predicted octanol–water partition coefficient (Wildman–Crippen LogP) is 3.33. The summed E-state index contributed by atoms with van der Waals surface area (Å²) in [5, 5.41) is 9.70. The number of aromatic amines is 1. The number of halogens is 4. The third-order valence-electron chi connectivity index (χ3n) is 2.80. The fourth-order valence-corrected chi connectivity index (χ4v) is 1.96. The van der Waals surface area contributed by atoms with Gasteiger partial charge in [-0.1, -0.05) is 17.7 Å². The summed E-state index contributed by atoms with van der Waals surface area (Å²) in [5.74, 6) is -0.0350. The van der Waals surface area contributed by atoms with Crippen LogP contribution >= 0.6 is 11.6 Å². The summed E-state index contributed by atoms with van der Waals surface area (Å²) in [7, 11) is 1.34. The van der Waals surface area contributed by atoms with Crippen LogP contribution in [-0.4, -0.2) is 22.2 Å². The molecular formula is C14H10ClF3N2O3. The number of ether oxygens (including phenoxy) is 1. The van der Waals surface area contributed by atoms with Crippen molar-refractivity contribution < 1.29 is 23.0 Å². The third kappa shape index (κ3) is 4.04. The first kappa shape index (κ1) is 16.9. The number of aromatic nitrogens is 2. The summed E-state index contributed by atoms with van der Waals surface area (Å²) >= 11 is 5.92. The van der Waals surface area contributed by atoms with Gasteiger partial charge in [0.15, 0.2) is 11.5 Å². The average Bonchev–Trinajstić information content (AvgIpc) is 2.45. The van der Waals surface area contributed by atoms with Crippen LogP contribution in [0.5, 0.6) is 11.5 Å². The van der Waals surface area contributed by atoms with Gasteiger partial charge in [-0.3, -0.25) is 0 Å². The molecule has 2 N–H and O–H groups in total. The number of rotatable bonds is 3. The summed E-state index contributed by atoms with van der Waals surface area (Å²) < 4.78 is 42.8. The van der Waals surface area contributed by atoms with Crippen LogP contribution in [0.15, 0.2) is 23.0 Å². The van der Waals surface area contributed by atoms with Crippen molar-refractivity contribution in [3.05, 3.63) is 50.7 Å². The van der Waals surface area contributed by atoms with E-state index in [1.54, 1.807) is 4.98 Å². The smallest absolute Gasteiger partial charge is 0.431 e. The van der Waals surface area contributed by atoms with Gasteiger partial charge in [0.25, 0.3) is 0 Å². The van der Waals surface area contributed by atoms with Gasteiger partial charge in [0.1, 0.15) is 5.69 Å². The van der Waals surface area contributed by atoms with Crippen LogP contribution in [0, 0.1) is 0 Å². The molecule has 0 atom stereocenters. The molecule has 1 aromatic carbocycles. The number of methoxy groups -OCH3 is 1. The lowest BCUT2D eigenvalue weighted by molar-refractivity contribution is -0.141. The maximum Gasteiger partial charge on any atom is 0.431 e. The number of nitrogens with one attached hydrogen (secondary N) is 1. The highest BCUT2D eigenvalue weighted by molar-refractivity contribution is 6.32. The first-order valence-electron chi connectivity index (χ1n) is 6.14. The van der Waals surface area contributed by atoms with Crippen LogP contribution in [0.1, 0.15) is 17.0 Å². The van der Waals surface area contributed by atoms with Crippen LogP contribution in [-0.2, 0) is 6.18 Å². The molecule has 9 heteroatoms. The molecule has 0 unspecified atom stereocenters. The summed E-state index contributed by atoms with van der Waals surface area (Å²) in [5.41, 5.74) is -2.14. The van der Waals surface area contributed by atoms with E-state index in [-0.39, 0.29) is 22.2 Å². The Morgan fingerprint density at radius 1 is 1.30 bits per heavy atom. The van der Waals surface area contributed by atoms with Crippen molar-refractivity contribution in [3.8, 4) is 11.5 Å². The van der Waals surface area contributed by atoms with Crippen molar-refractivity contribution in [1.29, 1.82) is 0 Å². The number of hydrogen-bond donors (Lipinski definition) is 2. The first-order valence-corrected chi connectivity index (χ1v) is 6.51. The molecule has 2 aromatic rings. The average molecular weight is 347 g/mol. The summed E-state index contributed by atoms with van der Waals surface area (Å²) in [6.45, 7) is 0. The Labute approximate surface area is 133 Å². The molecule has 0 bridgehead atoms. The van der Waals surface area contributed by atoms with Crippen molar-refractivity contribution in [2.75, 3.05) is 7.11 Å². The first-order chi connectivity index (χ1) is 10.7. The molecule has 2 rings (SSSR count). The molecule has 0 amide bonds. The van der Waals surface area contributed by atoms with E-state index in [9.17, 15) is 23.1 Å². The van der Waals surface area contributed by atoms with Gasteiger partial charge in [-0.05, 0) is 23.8 Å². The Morgan fingerprint density at radius 2 is 2.00 bits per heavy atom. The molecule has 0 radical (unpaired) electrons. The van der Waals surface area contributed by atoms with Gasteiger partial charge < -0.3 is 14.8 Å². The van der Waals surface area contributed by atoms with Gasteiger partial charge in [0.2, 0.25) is 0 Å². The normalized spacial score (nSPS) is 11.9. The molecular weight excluding hydrogens is 337 g/mol. The zero-order chi connectivity index (χ0) is 17.2. The minimum atomic E-state index is -4.69. The van der Waals surface area contributed by atoms with Crippen molar-refractivity contribution in [2.45, 2.75) is 6.18 Å². The highest BCUT2D eigenvalue weighted by atomic mass is 35.5. The molecule has 0 spiro atoms. The molecule has 23 heavy (non-hydrogen) atoms. The van der Waals surface area contributed by atoms with Gasteiger partial charge >= 0.3 is 11.9 Å². The lowest BCUT2D eigenvalue weighted by Crippen LogP contribution is -2.19. The van der Waals surface area contributed by atoms with E-state index >= 15 is 0 Å². The molecule has 1 heterocycles. The zero-order valence-electron chi connectivity index (χ0n) is 11.6. The Bertz CT molecular complexity index is 816. The van der Waals surface area contributed by atoms with E-state index in [1.165, 1.54) is 31.4 Å². The Kier molecular flexibility index (Phi) is 4.65. The van der Waals surface area contributed by atoms with Crippen LogP contribution in [0.2, 0.25) is 5.02 Å². The number of benzene rings is 1. The summed E-state index contributed by atoms with van der Waals surface area (Å²) in [6, 6.07) is 3.32. The lowest BCUT2D eigenvalue weighted by atomic mass is 10.1. The standard InChI is InChI=1S/C14H10ClF3N2O3/c1-23-11-4-7(9(15)6-10(11)21)2-3-8-5-12(14(16,17)18)20-13(22)19-8/h2-6,21H,1H3,(H,19,20,22). The van der Waals surface area contributed by atoms with E-state index < -0.39 is 17.6 Å².